The maximum atomic E-state index is 11.6. The van der Waals surface area contributed by atoms with Gasteiger partial charge in [-0.25, -0.2) is 5.48 Å². The summed E-state index contributed by atoms with van der Waals surface area (Å²) in [4.78, 5) is 27.9. The first kappa shape index (κ1) is 13.1. The third-order valence-corrected chi connectivity index (χ3v) is 3.36. The quantitative estimate of drug-likeness (QED) is 0.824. The first-order chi connectivity index (χ1) is 7.54. The lowest BCUT2D eigenvalue weighted by atomic mass is 10.3. The third kappa shape index (κ3) is 3.58. The van der Waals surface area contributed by atoms with Crippen LogP contribution in [0.3, 0.4) is 0 Å². The summed E-state index contributed by atoms with van der Waals surface area (Å²) in [5, 5.41) is 2.55. The van der Waals surface area contributed by atoms with E-state index in [2.05, 4.69) is 31.6 Å². The van der Waals surface area contributed by atoms with Crippen molar-refractivity contribution in [3.05, 3.63) is 20.8 Å². The zero-order valence-corrected chi connectivity index (χ0v) is 11.1. The van der Waals surface area contributed by atoms with E-state index < -0.39 is 11.9 Å². The smallest absolute Gasteiger partial charge is 0.265 e. The van der Waals surface area contributed by atoms with E-state index in [0.29, 0.717) is 4.88 Å². The Morgan fingerprint density at radius 1 is 1.50 bits per heavy atom. The highest BCUT2D eigenvalue weighted by atomic mass is 79.9. The predicted molar refractivity (Wildman–Crippen MR) is 64.1 cm³/mol. The Bertz CT molecular complexity index is 394. The zero-order valence-electron chi connectivity index (χ0n) is 8.74. The molecule has 2 amide bonds. The molecule has 1 aromatic heterocycles. The Labute approximate surface area is 105 Å². The molecule has 1 unspecified atom stereocenters. The monoisotopic (exact) mass is 306 g/mol. The summed E-state index contributed by atoms with van der Waals surface area (Å²) in [6.07, 6.45) is 0. The van der Waals surface area contributed by atoms with Crippen LogP contribution in [0.25, 0.3) is 0 Å². The van der Waals surface area contributed by atoms with Crippen molar-refractivity contribution in [1.82, 2.24) is 10.8 Å². The fraction of sp³-hybridized carbons (Fsp3) is 0.333. The lowest BCUT2D eigenvalue weighted by Gasteiger charge is -2.11. The van der Waals surface area contributed by atoms with Crippen molar-refractivity contribution in [2.24, 2.45) is 0 Å². The van der Waals surface area contributed by atoms with E-state index in [1.807, 2.05) is 0 Å². The summed E-state index contributed by atoms with van der Waals surface area (Å²) in [6.45, 7) is 1.58. The molecule has 0 aliphatic rings. The van der Waals surface area contributed by atoms with Gasteiger partial charge in [0.15, 0.2) is 0 Å². The van der Waals surface area contributed by atoms with Crippen molar-refractivity contribution in [2.45, 2.75) is 13.0 Å². The maximum Gasteiger partial charge on any atom is 0.265 e. The van der Waals surface area contributed by atoms with E-state index >= 15 is 0 Å². The molecular weight excluding hydrogens is 296 g/mol. The molecule has 0 fully saturated rings. The van der Waals surface area contributed by atoms with Crippen LogP contribution in [0.5, 0.6) is 0 Å². The summed E-state index contributed by atoms with van der Waals surface area (Å²) < 4.78 is 0.867. The van der Waals surface area contributed by atoms with Crippen molar-refractivity contribution >= 4 is 39.1 Å². The number of hydrogen-bond acceptors (Lipinski definition) is 4. The average molecular weight is 307 g/mol. The minimum atomic E-state index is -0.645. The number of hydrogen-bond donors (Lipinski definition) is 2. The Morgan fingerprint density at radius 2 is 2.19 bits per heavy atom. The minimum Gasteiger partial charge on any atom is -0.340 e. The SMILES string of the molecule is CONC(=O)C(C)NC(=O)c1ccc(Br)s1. The minimum absolute atomic E-state index is 0.283. The van der Waals surface area contributed by atoms with Crippen LogP contribution in [-0.2, 0) is 9.63 Å². The molecule has 16 heavy (non-hydrogen) atoms. The zero-order chi connectivity index (χ0) is 12.1. The Balaban J connectivity index is 2.54. The second-order valence-electron chi connectivity index (χ2n) is 2.97. The van der Waals surface area contributed by atoms with E-state index in [-0.39, 0.29) is 5.91 Å². The van der Waals surface area contributed by atoms with Gasteiger partial charge < -0.3 is 5.32 Å². The number of amides is 2. The number of thiophene rings is 1. The van der Waals surface area contributed by atoms with Gasteiger partial charge in [-0.1, -0.05) is 0 Å². The number of carbonyl (C=O) groups excluding carboxylic acids is 2. The van der Waals surface area contributed by atoms with Gasteiger partial charge >= 0.3 is 0 Å². The molecule has 0 aliphatic heterocycles. The summed E-state index contributed by atoms with van der Waals surface area (Å²) >= 11 is 4.56. The molecule has 1 heterocycles. The Morgan fingerprint density at radius 3 is 2.69 bits per heavy atom. The standard InChI is InChI=1S/C9H11BrN2O3S/c1-5(8(13)12-15-2)11-9(14)6-3-4-7(10)16-6/h3-5H,1-2H3,(H,11,14)(H,12,13). The third-order valence-electron chi connectivity index (χ3n) is 1.74. The van der Waals surface area contributed by atoms with Crippen LogP contribution >= 0.6 is 27.3 Å². The van der Waals surface area contributed by atoms with Gasteiger partial charge in [0.05, 0.1) is 15.8 Å². The Kier molecular flexibility index (Phi) is 4.91. The average Bonchev–Trinajstić information content (AvgIpc) is 2.65. The summed E-state index contributed by atoms with van der Waals surface area (Å²) in [6, 6.07) is 2.82. The molecular formula is C9H11BrN2O3S. The largest absolute Gasteiger partial charge is 0.340 e. The molecule has 0 spiro atoms. The topological polar surface area (TPSA) is 67.4 Å². The lowest BCUT2D eigenvalue weighted by Crippen LogP contribution is -2.44. The second-order valence-corrected chi connectivity index (χ2v) is 5.43. The van der Waals surface area contributed by atoms with Gasteiger partial charge in [0.1, 0.15) is 6.04 Å². The molecule has 1 aromatic rings. The van der Waals surface area contributed by atoms with Crippen LogP contribution < -0.4 is 10.8 Å². The van der Waals surface area contributed by atoms with Crippen LogP contribution in [0.4, 0.5) is 0 Å². The molecule has 88 valence electrons. The second kappa shape index (κ2) is 5.97. The van der Waals surface area contributed by atoms with Crippen molar-refractivity contribution in [2.75, 3.05) is 7.11 Å². The highest BCUT2D eigenvalue weighted by Gasteiger charge is 2.17. The Hall–Kier alpha value is -0.920. The number of nitrogens with one attached hydrogen (secondary N) is 2. The van der Waals surface area contributed by atoms with Crippen molar-refractivity contribution in [3.63, 3.8) is 0 Å². The molecule has 0 saturated carbocycles. The molecule has 0 aromatic carbocycles. The molecule has 5 nitrogen and oxygen atoms in total. The van der Waals surface area contributed by atoms with Gasteiger partial charge in [-0.3, -0.25) is 14.4 Å². The fourth-order valence-corrected chi connectivity index (χ4v) is 2.25. The summed E-state index contributed by atoms with van der Waals surface area (Å²) in [5.74, 6) is -0.680. The molecule has 1 rings (SSSR count). The molecule has 2 N–H and O–H groups in total. The number of halogens is 1. The molecule has 7 heteroatoms. The van der Waals surface area contributed by atoms with Crippen LogP contribution in [0, 0.1) is 0 Å². The number of hydroxylamine groups is 1. The van der Waals surface area contributed by atoms with Crippen molar-refractivity contribution in [1.29, 1.82) is 0 Å². The first-order valence-corrected chi connectivity index (χ1v) is 6.04. The highest BCUT2D eigenvalue weighted by Crippen LogP contribution is 2.21. The number of carbonyl (C=O) groups is 2. The van der Waals surface area contributed by atoms with Crippen LogP contribution in [-0.4, -0.2) is 25.0 Å². The normalized spacial score (nSPS) is 11.9. The van der Waals surface area contributed by atoms with E-state index in [9.17, 15) is 9.59 Å². The van der Waals surface area contributed by atoms with Crippen molar-refractivity contribution < 1.29 is 14.4 Å². The predicted octanol–water partition coefficient (Wildman–Crippen LogP) is 1.31. The van der Waals surface area contributed by atoms with Gasteiger partial charge in [0, 0.05) is 0 Å². The van der Waals surface area contributed by atoms with Crippen LogP contribution in [0.1, 0.15) is 16.6 Å². The molecule has 0 aliphatic carbocycles. The van der Waals surface area contributed by atoms with Gasteiger partial charge in [-0.15, -0.1) is 11.3 Å². The molecule has 0 saturated heterocycles. The van der Waals surface area contributed by atoms with Crippen LogP contribution in [0.2, 0.25) is 0 Å². The maximum absolute atomic E-state index is 11.6. The summed E-state index contributed by atoms with van der Waals surface area (Å²) in [5.41, 5.74) is 2.15. The van der Waals surface area contributed by atoms with Gasteiger partial charge in [-0.2, -0.15) is 0 Å². The van der Waals surface area contributed by atoms with Gasteiger partial charge in [-0.05, 0) is 35.0 Å². The van der Waals surface area contributed by atoms with E-state index in [1.165, 1.54) is 18.4 Å². The lowest BCUT2D eigenvalue weighted by molar-refractivity contribution is -0.132. The van der Waals surface area contributed by atoms with Gasteiger partial charge in [0.25, 0.3) is 11.8 Å². The van der Waals surface area contributed by atoms with E-state index in [1.54, 1.807) is 19.1 Å². The van der Waals surface area contributed by atoms with Crippen molar-refractivity contribution in [3.8, 4) is 0 Å². The van der Waals surface area contributed by atoms with E-state index in [4.69, 9.17) is 0 Å². The highest BCUT2D eigenvalue weighted by molar-refractivity contribution is 9.11. The molecule has 0 bridgehead atoms. The molecule has 1 atom stereocenters. The van der Waals surface area contributed by atoms with E-state index in [0.717, 1.165) is 3.79 Å². The fourth-order valence-electron chi connectivity index (χ4n) is 0.959. The van der Waals surface area contributed by atoms with Crippen LogP contribution in [0.15, 0.2) is 15.9 Å². The first-order valence-electron chi connectivity index (χ1n) is 4.43. The summed E-state index contributed by atoms with van der Waals surface area (Å²) in [7, 11) is 1.34. The van der Waals surface area contributed by atoms with Gasteiger partial charge in [0.2, 0.25) is 0 Å². The molecule has 0 radical (unpaired) electrons. The number of rotatable bonds is 4.